The number of aryl methyl sites for hydroxylation is 2. The van der Waals surface area contributed by atoms with Crippen molar-refractivity contribution in [1.82, 2.24) is 25.0 Å². The Kier molecular flexibility index (Phi) is 3.16. The highest BCUT2D eigenvalue weighted by Gasteiger charge is 2.08. The van der Waals surface area contributed by atoms with Gasteiger partial charge in [0.2, 0.25) is 5.91 Å². The maximum absolute atomic E-state index is 11.8. The van der Waals surface area contributed by atoms with Gasteiger partial charge in [-0.2, -0.15) is 9.90 Å². The molecular weight excluding hydrogens is 256 g/mol. The van der Waals surface area contributed by atoms with Crippen LogP contribution >= 0.6 is 0 Å². The first-order valence-electron chi connectivity index (χ1n) is 6.30. The Hall–Kier alpha value is -2.70. The molecule has 0 unspecified atom stereocenters. The number of amides is 1. The molecule has 3 rings (SSSR count). The van der Waals surface area contributed by atoms with Crippen LogP contribution in [-0.2, 0) is 18.3 Å². The lowest BCUT2D eigenvalue weighted by atomic mass is 10.3. The van der Waals surface area contributed by atoms with Crippen molar-refractivity contribution >= 4 is 22.8 Å². The average molecular weight is 270 g/mol. The summed E-state index contributed by atoms with van der Waals surface area (Å²) >= 11 is 0. The molecular formula is C13H14N6O. The number of hydrogen-bond acceptors (Lipinski definition) is 4. The van der Waals surface area contributed by atoms with Crippen LogP contribution in [0.15, 0.2) is 30.5 Å². The van der Waals surface area contributed by atoms with Crippen molar-refractivity contribution in [2.75, 3.05) is 5.32 Å². The number of fused-ring (bicyclic) bond motifs is 1. The highest BCUT2D eigenvalue weighted by molar-refractivity contribution is 5.89. The van der Waals surface area contributed by atoms with Gasteiger partial charge in [0.1, 0.15) is 5.82 Å². The molecule has 20 heavy (non-hydrogen) atoms. The van der Waals surface area contributed by atoms with Crippen LogP contribution in [0, 0.1) is 0 Å². The number of aromatic amines is 1. The summed E-state index contributed by atoms with van der Waals surface area (Å²) in [6.45, 7) is 0. The lowest BCUT2D eigenvalue weighted by Crippen LogP contribution is -2.13. The summed E-state index contributed by atoms with van der Waals surface area (Å²) in [5.74, 6) is 1.16. The molecule has 0 spiro atoms. The number of carbonyl (C=O) groups excluding carboxylic acids is 1. The molecule has 2 N–H and O–H groups in total. The molecule has 0 atom stereocenters. The van der Waals surface area contributed by atoms with E-state index in [0.717, 1.165) is 16.9 Å². The predicted octanol–water partition coefficient (Wildman–Crippen LogP) is 1.26. The second-order valence-electron chi connectivity index (χ2n) is 4.47. The molecule has 0 aliphatic rings. The highest BCUT2D eigenvalue weighted by Crippen LogP contribution is 2.11. The molecule has 0 saturated carbocycles. The van der Waals surface area contributed by atoms with Crippen molar-refractivity contribution in [2.45, 2.75) is 12.8 Å². The topological polar surface area (TPSA) is 88.5 Å². The molecule has 1 aromatic carbocycles. The molecule has 0 aliphatic heterocycles. The number of carbonyl (C=O) groups is 1. The van der Waals surface area contributed by atoms with E-state index in [2.05, 4.69) is 25.5 Å². The van der Waals surface area contributed by atoms with E-state index in [1.54, 1.807) is 7.05 Å². The maximum atomic E-state index is 11.8. The Balaban J connectivity index is 1.59. The zero-order valence-corrected chi connectivity index (χ0v) is 11.0. The van der Waals surface area contributed by atoms with Gasteiger partial charge in [-0.1, -0.05) is 12.1 Å². The summed E-state index contributed by atoms with van der Waals surface area (Å²) in [6.07, 6.45) is 2.41. The fourth-order valence-corrected chi connectivity index (χ4v) is 1.96. The van der Waals surface area contributed by atoms with Crippen molar-refractivity contribution in [3.05, 3.63) is 36.3 Å². The molecule has 0 bridgehead atoms. The first-order valence-corrected chi connectivity index (χ1v) is 6.30. The van der Waals surface area contributed by atoms with Gasteiger partial charge in [0, 0.05) is 19.9 Å². The predicted molar refractivity (Wildman–Crippen MR) is 74.0 cm³/mol. The number of aromatic nitrogens is 5. The van der Waals surface area contributed by atoms with E-state index >= 15 is 0 Å². The Morgan fingerprint density at radius 1 is 1.40 bits per heavy atom. The zero-order valence-electron chi connectivity index (χ0n) is 11.0. The van der Waals surface area contributed by atoms with E-state index in [4.69, 9.17) is 0 Å². The van der Waals surface area contributed by atoms with Gasteiger partial charge < -0.3 is 10.3 Å². The lowest BCUT2D eigenvalue weighted by Gasteiger charge is -1.99. The monoisotopic (exact) mass is 270 g/mol. The molecule has 7 nitrogen and oxygen atoms in total. The second-order valence-corrected chi connectivity index (χ2v) is 4.47. The third-order valence-corrected chi connectivity index (χ3v) is 2.89. The lowest BCUT2D eigenvalue weighted by molar-refractivity contribution is -0.116. The number of imidazole rings is 1. The van der Waals surface area contributed by atoms with Crippen LogP contribution in [0.25, 0.3) is 11.0 Å². The van der Waals surface area contributed by atoms with Gasteiger partial charge in [0.25, 0.3) is 0 Å². The van der Waals surface area contributed by atoms with Crippen LogP contribution in [0.2, 0.25) is 0 Å². The number of rotatable bonds is 4. The standard InChI is InChI=1S/C13H14N6O/c1-19-14-8-12(18-19)17-13(20)7-6-11-15-9-4-2-3-5-10(9)16-11/h2-5,8H,6-7H2,1H3,(H,15,16)(H,17,18,20). The van der Waals surface area contributed by atoms with Gasteiger partial charge in [0.05, 0.1) is 17.2 Å². The van der Waals surface area contributed by atoms with E-state index in [9.17, 15) is 4.79 Å². The van der Waals surface area contributed by atoms with Crippen LogP contribution < -0.4 is 5.32 Å². The fourth-order valence-electron chi connectivity index (χ4n) is 1.96. The molecule has 0 radical (unpaired) electrons. The minimum atomic E-state index is -0.106. The first kappa shape index (κ1) is 12.3. The second kappa shape index (κ2) is 5.12. The third-order valence-electron chi connectivity index (χ3n) is 2.89. The SMILES string of the molecule is Cn1ncc(NC(=O)CCc2nc3ccccc3[nH]2)n1. The van der Waals surface area contributed by atoms with E-state index < -0.39 is 0 Å². The molecule has 7 heteroatoms. The molecule has 2 heterocycles. The molecule has 3 aromatic rings. The zero-order chi connectivity index (χ0) is 13.9. The van der Waals surface area contributed by atoms with Crippen molar-refractivity contribution in [3.8, 4) is 0 Å². The smallest absolute Gasteiger partial charge is 0.226 e. The Morgan fingerprint density at radius 2 is 2.25 bits per heavy atom. The number of nitrogens with one attached hydrogen (secondary N) is 2. The molecule has 0 aliphatic carbocycles. The number of nitrogens with zero attached hydrogens (tertiary/aromatic N) is 4. The van der Waals surface area contributed by atoms with Gasteiger partial charge >= 0.3 is 0 Å². The van der Waals surface area contributed by atoms with Crippen LogP contribution in [0.4, 0.5) is 5.82 Å². The summed E-state index contributed by atoms with van der Waals surface area (Å²) in [7, 11) is 1.70. The summed E-state index contributed by atoms with van der Waals surface area (Å²) in [5.41, 5.74) is 1.90. The molecule has 1 amide bonds. The van der Waals surface area contributed by atoms with Crippen molar-refractivity contribution < 1.29 is 4.79 Å². The molecule has 2 aromatic heterocycles. The summed E-state index contributed by atoms with van der Waals surface area (Å²) < 4.78 is 0. The number of para-hydroxylation sites is 2. The fraction of sp³-hybridized carbons (Fsp3) is 0.231. The summed E-state index contributed by atoms with van der Waals surface area (Å²) in [4.78, 5) is 20.8. The van der Waals surface area contributed by atoms with Gasteiger partial charge in [-0.05, 0) is 12.1 Å². The van der Waals surface area contributed by atoms with Crippen LogP contribution in [0.1, 0.15) is 12.2 Å². The number of anilines is 1. The molecule has 102 valence electrons. The minimum Gasteiger partial charge on any atom is -0.342 e. The third kappa shape index (κ3) is 2.66. The number of benzene rings is 1. The van der Waals surface area contributed by atoms with Crippen LogP contribution in [0.5, 0.6) is 0 Å². The Labute approximate surface area is 115 Å². The minimum absolute atomic E-state index is 0.106. The van der Waals surface area contributed by atoms with Gasteiger partial charge in [-0.25, -0.2) is 4.98 Å². The normalized spacial score (nSPS) is 10.8. The Morgan fingerprint density at radius 3 is 3.00 bits per heavy atom. The van der Waals surface area contributed by atoms with Crippen LogP contribution in [0.3, 0.4) is 0 Å². The first-order chi connectivity index (χ1) is 9.70. The van der Waals surface area contributed by atoms with Crippen LogP contribution in [-0.4, -0.2) is 30.9 Å². The summed E-state index contributed by atoms with van der Waals surface area (Å²) in [5, 5.41) is 10.6. The van der Waals surface area contributed by atoms with Gasteiger partial charge in [-0.3, -0.25) is 4.79 Å². The largest absolute Gasteiger partial charge is 0.342 e. The maximum Gasteiger partial charge on any atom is 0.226 e. The van der Waals surface area contributed by atoms with E-state index in [0.29, 0.717) is 18.7 Å². The summed E-state index contributed by atoms with van der Waals surface area (Å²) in [6, 6.07) is 7.79. The molecule has 0 fully saturated rings. The van der Waals surface area contributed by atoms with Gasteiger partial charge in [0.15, 0.2) is 5.82 Å². The number of hydrogen-bond donors (Lipinski definition) is 2. The Bertz CT molecular complexity index is 711. The van der Waals surface area contributed by atoms with Crippen molar-refractivity contribution in [3.63, 3.8) is 0 Å². The van der Waals surface area contributed by atoms with Gasteiger partial charge in [-0.15, -0.1) is 5.10 Å². The van der Waals surface area contributed by atoms with Crippen molar-refractivity contribution in [1.29, 1.82) is 0 Å². The van der Waals surface area contributed by atoms with Crippen molar-refractivity contribution in [2.24, 2.45) is 7.05 Å². The quantitative estimate of drug-likeness (QED) is 0.747. The number of H-pyrrole nitrogens is 1. The van der Waals surface area contributed by atoms with E-state index in [-0.39, 0.29) is 5.91 Å². The molecule has 0 saturated heterocycles. The highest BCUT2D eigenvalue weighted by atomic mass is 16.1. The van der Waals surface area contributed by atoms with E-state index in [1.807, 2.05) is 24.3 Å². The van der Waals surface area contributed by atoms with E-state index in [1.165, 1.54) is 11.0 Å². The average Bonchev–Trinajstić information content (AvgIpc) is 3.02.